The van der Waals surface area contributed by atoms with Crippen LogP contribution in [0.2, 0.25) is 5.02 Å². The van der Waals surface area contributed by atoms with E-state index < -0.39 is 0 Å². The Morgan fingerprint density at radius 2 is 1.52 bits per heavy atom. The van der Waals surface area contributed by atoms with Gasteiger partial charge in [-0.1, -0.05) is 79.2 Å². The van der Waals surface area contributed by atoms with E-state index in [2.05, 4.69) is 6.07 Å². The monoisotopic (exact) mass is 453 g/mol. The fourth-order valence-corrected chi connectivity index (χ4v) is 5.72. The Hall–Kier alpha value is -2.04. The minimum absolute atomic E-state index is 0.00984. The Balaban J connectivity index is 1.75. The van der Waals surface area contributed by atoms with Crippen LogP contribution in [0, 0.1) is 13.8 Å². The minimum atomic E-state index is -0.148. The van der Waals surface area contributed by atoms with Gasteiger partial charge in [0.25, 0.3) is 11.8 Å². The van der Waals surface area contributed by atoms with E-state index in [1.54, 1.807) is 4.90 Å². The molecule has 0 aromatic heterocycles. The van der Waals surface area contributed by atoms with E-state index in [0.29, 0.717) is 15.5 Å². The number of aryl methyl sites for hydroxylation is 2. The van der Waals surface area contributed by atoms with Crippen LogP contribution < -0.4 is 0 Å². The second kappa shape index (κ2) is 9.62. The van der Waals surface area contributed by atoms with Gasteiger partial charge in [0.2, 0.25) is 0 Å². The molecule has 5 heteroatoms. The van der Waals surface area contributed by atoms with Crippen LogP contribution in [-0.4, -0.2) is 22.8 Å². The SMILES string of the molecule is Cc1ccc(C2=C(Sc3ccc(Cl)cc3)C(=O)N(C3CCCCCCC3)C2=O)c(C)c1. The highest BCUT2D eigenvalue weighted by Gasteiger charge is 2.43. The molecule has 1 heterocycles. The lowest BCUT2D eigenvalue weighted by Crippen LogP contribution is -2.41. The summed E-state index contributed by atoms with van der Waals surface area (Å²) in [5.41, 5.74) is 3.56. The largest absolute Gasteiger partial charge is 0.271 e. The molecule has 0 N–H and O–H groups in total. The molecule has 2 amide bonds. The molecule has 2 aromatic carbocycles. The predicted octanol–water partition coefficient (Wildman–Crippen LogP) is 6.94. The zero-order chi connectivity index (χ0) is 22.0. The summed E-state index contributed by atoms with van der Waals surface area (Å²) in [7, 11) is 0. The Bertz CT molecular complexity index is 1020. The van der Waals surface area contributed by atoms with Crippen molar-refractivity contribution in [2.75, 3.05) is 0 Å². The molecule has 31 heavy (non-hydrogen) atoms. The lowest BCUT2D eigenvalue weighted by Gasteiger charge is -2.28. The van der Waals surface area contributed by atoms with Gasteiger partial charge in [-0.25, -0.2) is 0 Å². The summed E-state index contributed by atoms with van der Waals surface area (Å²) in [6.07, 6.45) is 7.54. The van der Waals surface area contributed by atoms with Crippen molar-refractivity contribution in [1.29, 1.82) is 0 Å². The van der Waals surface area contributed by atoms with Gasteiger partial charge in [-0.3, -0.25) is 14.5 Å². The standard InChI is InChI=1S/C26H28ClNO2S/c1-17-10-15-22(18(2)16-17)23-24(31-21-13-11-19(27)12-14-21)26(30)28(25(23)29)20-8-6-4-3-5-7-9-20/h10-16,20H,3-9H2,1-2H3. The summed E-state index contributed by atoms with van der Waals surface area (Å²) in [6, 6.07) is 13.5. The Morgan fingerprint density at radius 3 is 2.16 bits per heavy atom. The zero-order valence-corrected chi connectivity index (χ0v) is 19.7. The first-order valence-electron chi connectivity index (χ1n) is 11.1. The van der Waals surface area contributed by atoms with Gasteiger partial charge in [0.1, 0.15) is 0 Å². The highest BCUT2D eigenvalue weighted by atomic mass is 35.5. The molecule has 1 fully saturated rings. The quantitative estimate of drug-likeness (QED) is 0.470. The first-order chi connectivity index (χ1) is 15.0. The van der Waals surface area contributed by atoms with Crippen molar-refractivity contribution in [2.24, 2.45) is 0 Å². The van der Waals surface area contributed by atoms with Crippen LogP contribution >= 0.6 is 23.4 Å². The second-order valence-electron chi connectivity index (χ2n) is 8.56. The number of carbonyl (C=O) groups excluding carboxylic acids is 2. The lowest BCUT2D eigenvalue weighted by atomic mass is 9.95. The van der Waals surface area contributed by atoms with E-state index >= 15 is 0 Å². The van der Waals surface area contributed by atoms with Crippen LogP contribution in [-0.2, 0) is 9.59 Å². The first-order valence-corrected chi connectivity index (χ1v) is 12.3. The molecule has 3 nitrogen and oxygen atoms in total. The number of rotatable bonds is 4. The van der Waals surface area contributed by atoms with Gasteiger partial charge in [-0.05, 0) is 62.1 Å². The van der Waals surface area contributed by atoms with Crippen molar-refractivity contribution >= 4 is 40.8 Å². The molecular weight excluding hydrogens is 426 g/mol. The van der Waals surface area contributed by atoms with Crippen LogP contribution in [0.3, 0.4) is 0 Å². The summed E-state index contributed by atoms with van der Waals surface area (Å²) >= 11 is 7.42. The van der Waals surface area contributed by atoms with E-state index in [-0.39, 0.29) is 17.9 Å². The topological polar surface area (TPSA) is 37.4 Å². The fourth-order valence-electron chi connectivity index (χ4n) is 4.60. The highest BCUT2D eigenvalue weighted by Crippen LogP contribution is 2.42. The summed E-state index contributed by atoms with van der Waals surface area (Å²) < 4.78 is 0. The zero-order valence-electron chi connectivity index (χ0n) is 18.1. The van der Waals surface area contributed by atoms with E-state index in [4.69, 9.17) is 11.6 Å². The van der Waals surface area contributed by atoms with Gasteiger partial charge >= 0.3 is 0 Å². The molecule has 2 aliphatic rings. The first kappa shape index (κ1) is 22.2. The minimum Gasteiger partial charge on any atom is -0.271 e. The third kappa shape index (κ3) is 4.75. The Kier molecular flexibility index (Phi) is 6.88. The summed E-state index contributed by atoms with van der Waals surface area (Å²) in [6.45, 7) is 4.05. The molecule has 0 saturated heterocycles. The van der Waals surface area contributed by atoms with E-state index in [9.17, 15) is 9.59 Å². The molecule has 1 aliphatic heterocycles. The van der Waals surface area contributed by atoms with Crippen LogP contribution in [0.15, 0.2) is 52.3 Å². The molecule has 4 rings (SSSR count). The molecular formula is C26H28ClNO2S. The molecule has 2 aromatic rings. The van der Waals surface area contributed by atoms with E-state index in [1.165, 1.54) is 31.0 Å². The van der Waals surface area contributed by atoms with Crippen molar-refractivity contribution in [3.8, 4) is 0 Å². The Labute approximate surface area is 193 Å². The van der Waals surface area contributed by atoms with Gasteiger partial charge in [0.15, 0.2) is 0 Å². The summed E-state index contributed by atoms with van der Waals surface area (Å²) in [5, 5.41) is 0.651. The van der Waals surface area contributed by atoms with Gasteiger partial charge in [0.05, 0.1) is 10.5 Å². The average Bonchev–Trinajstić information content (AvgIpc) is 2.94. The number of hydrogen-bond acceptors (Lipinski definition) is 3. The normalized spacial score (nSPS) is 18.5. The number of halogens is 1. The number of hydrogen-bond donors (Lipinski definition) is 0. The maximum atomic E-state index is 13.7. The van der Waals surface area contributed by atoms with Crippen LogP contribution in [0.5, 0.6) is 0 Å². The molecule has 0 unspecified atom stereocenters. The van der Waals surface area contributed by atoms with Crippen molar-refractivity contribution in [3.05, 3.63) is 69.1 Å². The van der Waals surface area contributed by atoms with Gasteiger partial charge in [0, 0.05) is 16.0 Å². The average molecular weight is 454 g/mol. The van der Waals surface area contributed by atoms with Crippen molar-refractivity contribution in [1.82, 2.24) is 4.90 Å². The maximum Gasteiger partial charge on any atom is 0.268 e. The third-order valence-corrected chi connectivity index (χ3v) is 7.54. The predicted molar refractivity (Wildman–Crippen MR) is 128 cm³/mol. The molecule has 0 atom stereocenters. The maximum absolute atomic E-state index is 13.7. The van der Waals surface area contributed by atoms with Gasteiger partial charge in [-0.2, -0.15) is 0 Å². The van der Waals surface area contributed by atoms with Crippen molar-refractivity contribution in [3.63, 3.8) is 0 Å². The lowest BCUT2D eigenvalue weighted by molar-refractivity contribution is -0.139. The van der Waals surface area contributed by atoms with Crippen molar-refractivity contribution in [2.45, 2.75) is 69.7 Å². The molecule has 0 spiro atoms. The number of carbonyl (C=O) groups is 2. The number of thioether (sulfide) groups is 1. The highest BCUT2D eigenvalue weighted by molar-refractivity contribution is 8.04. The van der Waals surface area contributed by atoms with Gasteiger partial charge < -0.3 is 0 Å². The number of nitrogens with zero attached hydrogens (tertiary/aromatic N) is 1. The number of benzene rings is 2. The van der Waals surface area contributed by atoms with Crippen molar-refractivity contribution < 1.29 is 9.59 Å². The Morgan fingerprint density at radius 1 is 0.871 bits per heavy atom. The summed E-state index contributed by atoms with van der Waals surface area (Å²) in [4.78, 5) is 30.4. The molecule has 0 radical (unpaired) electrons. The molecule has 1 saturated carbocycles. The molecule has 1 aliphatic carbocycles. The molecule has 162 valence electrons. The summed E-state index contributed by atoms with van der Waals surface area (Å²) in [5.74, 6) is -0.288. The molecule has 0 bridgehead atoms. The van der Waals surface area contributed by atoms with Crippen LogP contribution in [0.25, 0.3) is 5.57 Å². The number of imide groups is 1. The fraction of sp³-hybridized carbons (Fsp3) is 0.385. The third-order valence-electron chi connectivity index (χ3n) is 6.20. The van der Waals surface area contributed by atoms with Gasteiger partial charge in [-0.15, -0.1) is 0 Å². The van der Waals surface area contributed by atoms with E-state index in [0.717, 1.165) is 47.3 Å². The number of amides is 2. The van der Waals surface area contributed by atoms with E-state index in [1.807, 2.05) is 50.2 Å². The second-order valence-corrected chi connectivity index (χ2v) is 10.1. The smallest absolute Gasteiger partial charge is 0.268 e. The van der Waals surface area contributed by atoms with Crippen LogP contribution in [0.4, 0.5) is 0 Å². The van der Waals surface area contributed by atoms with Crippen LogP contribution in [0.1, 0.15) is 61.6 Å².